The fourth-order valence-corrected chi connectivity index (χ4v) is 2.30. The summed E-state index contributed by atoms with van der Waals surface area (Å²) < 4.78 is 16.3. The number of likely N-dealkylation sites (N-methyl/N-ethyl adjacent to an activating group) is 1. The molecule has 110 valence electrons. The largest absolute Gasteiger partial charge is 0.366 e. The van der Waals surface area contributed by atoms with Crippen molar-refractivity contribution < 1.29 is 19.1 Å². The first-order valence-electron chi connectivity index (χ1n) is 6.08. The predicted octanol–water partition coefficient (Wildman–Crippen LogP) is 0.339. The average Bonchev–Trinajstić information content (AvgIpc) is 2.61. The van der Waals surface area contributed by atoms with Crippen LogP contribution >= 0.6 is 0 Å². The maximum atomic E-state index is 11.3. The molecule has 2 atom stereocenters. The Balaban J connectivity index is 3.32. The summed E-state index contributed by atoms with van der Waals surface area (Å²) in [6, 6.07) is 0. The summed E-state index contributed by atoms with van der Waals surface area (Å²) in [5, 5.41) is 14.3. The van der Waals surface area contributed by atoms with Gasteiger partial charge in [0.25, 0.3) is 5.91 Å². The molecular formula is C11H21N3O5. The number of nitrogens with zero attached hydrogens (tertiary/aromatic N) is 2. The smallest absolute Gasteiger partial charge is 0.322 e. The SMILES string of the molecule is CCNC1=C([N+](=O)[O-])C(OC)C(OC)(OCC)N1C. The van der Waals surface area contributed by atoms with E-state index in [9.17, 15) is 10.1 Å². The molecule has 0 aromatic carbocycles. The van der Waals surface area contributed by atoms with Crippen LogP contribution in [0.25, 0.3) is 0 Å². The van der Waals surface area contributed by atoms with E-state index in [1.54, 1.807) is 18.9 Å². The van der Waals surface area contributed by atoms with Gasteiger partial charge in [0.05, 0.1) is 4.92 Å². The van der Waals surface area contributed by atoms with Crippen LogP contribution in [0.2, 0.25) is 0 Å². The normalized spacial score (nSPS) is 27.0. The van der Waals surface area contributed by atoms with Gasteiger partial charge in [0, 0.05) is 34.4 Å². The van der Waals surface area contributed by atoms with E-state index in [2.05, 4.69) is 5.32 Å². The third-order valence-electron chi connectivity index (χ3n) is 3.05. The molecule has 0 aromatic rings. The summed E-state index contributed by atoms with van der Waals surface area (Å²) in [6.45, 7) is 4.52. The minimum Gasteiger partial charge on any atom is -0.366 e. The molecule has 0 saturated carbocycles. The molecule has 1 heterocycles. The number of rotatable bonds is 7. The van der Waals surface area contributed by atoms with E-state index in [0.717, 1.165) is 0 Å². The van der Waals surface area contributed by atoms with Gasteiger partial charge in [-0.3, -0.25) is 10.1 Å². The minimum absolute atomic E-state index is 0.0952. The van der Waals surface area contributed by atoms with Crippen LogP contribution in [0.15, 0.2) is 11.5 Å². The highest BCUT2D eigenvalue weighted by Gasteiger charge is 2.60. The Bertz CT molecular complexity index is 373. The van der Waals surface area contributed by atoms with Gasteiger partial charge in [-0.25, -0.2) is 0 Å². The Morgan fingerprint density at radius 1 is 1.47 bits per heavy atom. The molecule has 0 aliphatic carbocycles. The molecule has 0 amide bonds. The van der Waals surface area contributed by atoms with Gasteiger partial charge in [-0.1, -0.05) is 0 Å². The zero-order chi connectivity index (χ0) is 14.6. The molecule has 2 unspecified atom stereocenters. The lowest BCUT2D eigenvalue weighted by atomic mass is 10.2. The molecule has 0 radical (unpaired) electrons. The van der Waals surface area contributed by atoms with Gasteiger partial charge in [0.2, 0.25) is 6.10 Å². The van der Waals surface area contributed by atoms with Crippen molar-refractivity contribution in [3.05, 3.63) is 21.6 Å². The van der Waals surface area contributed by atoms with E-state index < -0.39 is 16.9 Å². The van der Waals surface area contributed by atoms with E-state index in [-0.39, 0.29) is 5.70 Å². The predicted molar refractivity (Wildman–Crippen MR) is 67.6 cm³/mol. The second-order valence-electron chi connectivity index (χ2n) is 3.96. The number of nitro groups is 1. The topological polar surface area (TPSA) is 86.1 Å². The highest BCUT2D eigenvalue weighted by molar-refractivity contribution is 5.21. The van der Waals surface area contributed by atoms with E-state index in [0.29, 0.717) is 19.0 Å². The lowest BCUT2D eigenvalue weighted by Crippen LogP contribution is -2.55. The molecule has 19 heavy (non-hydrogen) atoms. The van der Waals surface area contributed by atoms with Crippen LogP contribution in [0.1, 0.15) is 13.8 Å². The molecule has 1 N–H and O–H groups in total. The van der Waals surface area contributed by atoms with Gasteiger partial charge in [0.15, 0.2) is 5.82 Å². The van der Waals surface area contributed by atoms with Crippen LogP contribution in [0.5, 0.6) is 0 Å². The van der Waals surface area contributed by atoms with Crippen molar-refractivity contribution >= 4 is 0 Å². The summed E-state index contributed by atoms with van der Waals surface area (Å²) in [6.07, 6.45) is -0.938. The standard InChI is InChI=1S/C11H21N3O5/c1-6-12-10-8(14(15)16)9(17-4)11(18-5,13(10)3)19-7-2/h9,12H,6-7H2,1-5H3. The molecule has 1 aliphatic rings. The Morgan fingerprint density at radius 2 is 2.11 bits per heavy atom. The lowest BCUT2D eigenvalue weighted by molar-refractivity contribution is -0.446. The van der Waals surface area contributed by atoms with Gasteiger partial charge < -0.3 is 24.4 Å². The first-order chi connectivity index (χ1) is 8.99. The quantitative estimate of drug-likeness (QED) is 0.407. The van der Waals surface area contributed by atoms with Crippen LogP contribution in [0.3, 0.4) is 0 Å². The maximum absolute atomic E-state index is 11.3. The Kier molecular flexibility index (Phi) is 5.10. The molecule has 1 rings (SSSR count). The van der Waals surface area contributed by atoms with Gasteiger partial charge in [-0.15, -0.1) is 0 Å². The Labute approximate surface area is 112 Å². The van der Waals surface area contributed by atoms with Crippen LogP contribution in [-0.2, 0) is 14.2 Å². The Morgan fingerprint density at radius 3 is 2.47 bits per heavy atom. The van der Waals surface area contributed by atoms with Crippen LogP contribution in [-0.4, -0.2) is 56.3 Å². The van der Waals surface area contributed by atoms with E-state index in [1.165, 1.54) is 14.2 Å². The molecule has 0 fully saturated rings. The molecule has 8 nitrogen and oxygen atoms in total. The second kappa shape index (κ2) is 6.18. The molecule has 0 bridgehead atoms. The monoisotopic (exact) mass is 275 g/mol. The highest BCUT2D eigenvalue weighted by atomic mass is 16.7. The number of hydrogen-bond donors (Lipinski definition) is 1. The van der Waals surface area contributed by atoms with Crippen LogP contribution < -0.4 is 5.32 Å². The fourth-order valence-electron chi connectivity index (χ4n) is 2.30. The van der Waals surface area contributed by atoms with Gasteiger partial charge >= 0.3 is 5.70 Å². The van der Waals surface area contributed by atoms with Crippen molar-refractivity contribution in [3.63, 3.8) is 0 Å². The lowest BCUT2D eigenvalue weighted by Gasteiger charge is -2.38. The first kappa shape index (κ1) is 15.7. The summed E-state index contributed by atoms with van der Waals surface area (Å²) in [7, 11) is 4.49. The summed E-state index contributed by atoms with van der Waals surface area (Å²) in [5.74, 6) is -0.988. The van der Waals surface area contributed by atoms with E-state index in [1.807, 2.05) is 6.92 Å². The van der Waals surface area contributed by atoms with Gasteiger partial charge in [-0.05, 0) is 13.8 Å². The van der Waals surface area contributed by atoms with Crippen molar-refractivity contribution in [1.29, 1.82) is 0 Å². The molecule has 0 saturated heterocycles. The highest BCUT2D eigenvalue weighted by Crippen LogP contribution is 2.38. The molecular weight excluding hydrogens is 254 g/mol. The van der Waals surface area contributed by atoms with Crippen molar-refractivity contribution in [2.24, 2.45) is 0 Å². The van der Waals surface area contributed by atoms with Gasteiger partial charge in [0.1, 0.15) is 0 Å². The second-order valence-corrected chi connectivity index (χ2v) is 3.96. The van der Waals surface area contributed by atoms with Crippen molar-refractivity contribution in [3.8, 4) is 0 Å². The first-order valence-corrected chi connectivity index (χ1v) is 6.08. The van der Waals surface area contributed by atoms with Crippen molar-refractivity contribution in [2.45, 2.75) is 25.9 Å². The van der Waals surface area contributed by atoms with Crippen molar-refractivity contribution in [1.82, 2.24) is 10.2 Å². The molecule has 8 heteroatoms. The third-order valence-corrected chi connectivity index (χ3v) is 3.05. The van der Waals surface area contributed by atoms with Crippen LogP contribution in [0.4, 0.5) is 0 Å². The van der Waals surface area contributed by atoms with E-state index in [4.69, 9.17) is 14.2 Å². The maximum Gasteiger partial charge on any atom is 0.322 e. The Hall–Kier alpha value is -1.38. The number of methoxy groups -OCH3 is 2. The molecule has 1 aliphatic heterocycles. The van der Waals surface area contributed by atoms with Crippen LogP contribution in [0, 0.1) is 10.1 Å². The summed E-state index contributed by atoms with van der Waals surface area (Å²) in [4.78, 5) is 12.4. The molecule has 0 aromatic heterocycles. The molecule has 0 spiro atoms. The minimum atomic E-state index is -1.33. The zero-order valence-corrected chi connectivity index (χ0v) is 11.9. The summed E-state index contributed by atoms with van der Waals surface area (Å²) in [5.41, 5.74) is -0.0952. The third kappa shape index (κ3) is 2.38. The van der Waals surface area contributed by atoms with Gasteiger partial charge in [-0.2, -0.15) is 0 Å². The zero-order valence-electron chi connectivity index (χ0n) is 11.9. The average molecular weight is 275 g/mol. The summed E-state index contributed by atoms with van der Waals surface area (Å²) >= 11 is 0. The number of nitrogens with one attached hydrogen (secondary N) is 1. The number of ether oxygens (including phenoxy) is 3. The fraction of sp³-hybridized carbons (Fsp3) is 0.818. The number of hydrogen-bond acceptors (Lipinski definition) is 7. The van der Waals surface area contributed by atoms with E-state index >= 15 is 0 Å². The van der Waals surface area contributed by atoms with Crippen molar-refractivity contribution in [2.75, 3.05) is 34.4 Å².